The van der Waals surface area contributed by atoms with Gasteiger partial charge in [0.25, 0.3) is 0 Å². The Kier molecular flexibility index (Phi) is 6.28. The number of hydrogen-bond acceptors (Lipinski definition) is 9. The molecular weight excluding hydrogens is 421 g/mol. The van der Waals surface area contributed by atoms with Crippen LogP contribution in [0.4, 0.5) is 16.0 Å². The highest BCUT2D eigenvalue weighted by Crippen LogP contribution is 2.36. The predicted molar refractivity (Wildman–Crippen MR) is 115 cm³/mol. The molecule has 3 N–H and O–H groups in total. The third kappa shape index (κ3) is 4.39. The number of pyridine rings is 1. The second-order valence-corrected chi connectivity index (χ2v) is 7.11. The molecule has 1 fully saturated rings. The Morgan fingerprint density at radius 1 is 1.22 bits per heavy atom. The molecule has 1 saturated heterocycles. The largest absolute Gasteiger partial charge is 0.507 e. The van der Waals surface area contributed by atoms with Crippen molar-refractivity contribution in [1.82, 2.24) is 15.0 Å². The van der Waals surface area contributed by atoms with Crippen molar-refractivity contribution in [3.05, 3.63) is 35.8 Å². The van der Waals surface area contributed by atoms with Gasteiger partial charge in [0.1, 0.15) is 28.3 Å². The van der Waals surface area contributed by atoms with Gasteiger partial charge in [-0.3, -0.25) is 0 Å². The van der Waals surface area contributed by atoms with Gasteiger partial charge in [-0.15, -0.1) is 0 Å². The standard InChI is InChI=1S/C21H22FN5O5/c1-31-7-4-23-14-11-15(20(29)30)24-19-17(13-3-2-12(22)10-16(13)28)25-21(26-18(14)19)27-5-8-32-9-6-27/h2-3,10-11,28H,4-9H2,1H3,(H,23,24)(H,29,30). The monoisotopic (exact) mass is 443 g/mol. The van der Waals surface area contributed by atoms with Gasteiger partial charge in [-0.1, -0.05) is 0 Å². The molecule has 0 spiro atoms. The number of nitrogens with zero attached hydrogens (tertiary/aromatic N) is 4. The van der Waals surface area contributed by atoms with Crippen molar-refractivity contribution in [3.8, 4) is 17.0 Å². The summed E-state index contributed by atoms with van der Waals surface area (Å²) in [5, 5.41) is 23.1. The van der Waals surface area contributed by atoms with Crippen LogP contribution in [0.2, 0.25) is 0 Å². The topological polar surface area (TPSA) is 130 Å². The molecule has 0 saturated carbocycles. The van der Waals surface area contributed by atoms with Crippen LogP contribution in [0, 0.1) is 5.82 Å². The van der Waals surface area contributed by atoms with E-state index >= 15 is 0 Å². The Morgan fingerprint density at radius 2 is 2.00 bits per heavy atom. The lowest BCUT2D eigenvalue weighted by Crippen LogP contribution is -2.37. The second kappa shape index (κ2) is 9.28. The molecular formula is C21H22FN5O5. The number of carboxylic acid groups (broad SMARTS) is 1. The van der Waals surface area contributed by atoms with Crippen LogP contribution in [0.1, 0.15) is 10.5 Å². The van der Waals surface area contributed by atoms with Gasteiger partial charge in [0, 0.05) is 38.4 Å². The maximum atomic E-state index is 13.6. The number of phenols is 1. The zero-order chi connectivity index (χ0) is 22.7. The Morgan fingerprint density at radius 3 is 2.69 bits per heavy atom. The predicted octanol–water partition coefficient (Wildman–Crippen LogP) is 2.13. The smallest absolute Gasteiger partial charge is 0.354 e. The fraction of sp³-hybridized carbons (Fsp3) is 0.333. The Hall–Kier alpha value is -3.57. The van der Waals surface area contributed by atoms with Gasteiger partial charge >= 0.3 is 5.97 Å². The molecule has 0 bridgehead atoms. The number of benzene rings is 1. The maximum absolute atomic E-state index is 13.6. The number of nitrogens with one attached hydrogen (secondary N) is 1. The zero-order valence-corrected chi connectivity index (χ0v) is 17.3. The van der Waals surface area contributed by atoms with Gasteiger partial charge in [0.15, 0.2) is 5.69 Å². The van der Waals surface area contributed by atoms with Crippen molar-refractivity contribution in [2.75, 3.05) is 56.8 Å². The average molecular weight is 443 g/mol. The minimum absolute atomic E-state index is 0.170. The van der Waals surface area contributed by atoms with Crippen LogP contribution in [-0.2, 0) is 9.47 Å². The minimum atomic E-state index is -1.23. The Labute approximate surface area is 182 Å². The first-order chi connectivity index (χ1) is 15.5. The van der Waals surface area contributed by atoms with Gasteiger partial charge in [-0.25, -0.2) is 24.1 Å². The molecule has 11 heteroatoms. The van der Waals surface area contributed by atoms with Crippen LogP contribution >= 0.6 is 0 Å². The number of rotatable bonds is 7. The molecule has 1 aliphatic heterocycles. The molecule has 3 heterocycles. The Balaban J connectivity index is 1.98. The second-order valence-electron chi connectivity index (χ2n) is 7.11. The maximum Gasteiger partial charge on any atom is 0.354 e. The number of carbonyl (C=O) groups is 1. The molecule has 1 aliphatic rings. The molecule has 0 atom stereocenters. The molecule has 32 heavy (non-hydrogen) atoms. The summed E-state index contributed by atoms with van der Waals surface area (Å²) in [6.07, 6.45) is 0. The highest BCUT2D eigenvalue weighted by Gasteiger charge is 2.23. The van der Waals surface area contributed by atoms with Gasteiger partial charge in [0.05, 0.1) is 25.5 Å². The van der Waals surface area contributed by atoms with E-state index < -0.39 is 11.8 Å². The number of aromatic nitrogens is 3. The fourth-order valence-electron chi connectivity index (χ4n) is 3.42. The number of ether oxygens (including phenoxy) is 2. The van der Waals surface area contributed by atoms with Crippen molar-refractivity contribution >= 4 is 28.6 Å². The summed E-state index contributed by atoms with van der Waals surface area (Å²) >= 11 is 0. The van der Waals surface area contributed by atoms with Crippen LogP contribution in [-0.4, -0.2) is 77.7 Å². The average Bonchev–Trinajstić information content (AvgIpc) is 2.79. The summed E-state index contributed by atoms with van der Waals surface area (Å²) in [6.45, 7) is 2.93. The van der Waals surface area contributed by atoms with Gasteiger partial charge < -0.3 is 29.9 Å². The van der Waals surface area contributed by atoms with E-state index in [9.17, 15) is 19.4 Å². The first-order valence-electron chi connectivity index (χ1n) is 9.98. The molecule has 168 valence electrons. The normalized spacial score (nSPS) is 14.0. The summed E-state index contributed by atoms with van der Waals surface area (Å²) < 4.78 is 24.1. The molecule has 0 radical (unpaired) electrons. The van der Waals surface area contributed by atoms with Crippen molar-refractivity contribution < 1.29 is 28.9 Å². The minimum Gasteiger partial charge on any atom is -0.507 e. The van der Waals surface area contributed by atoms with Crippen LogP contribution in [0.25, 0.3) is 22.3 Å². The number of fused-ring (bicyclic) bond motifs is 1. The molecule has 1 aromatic carbocycles. The van der Waals surface area contributed by atoms with Gasteiger partial charge in [-0.05, 0) is 18.2 Å². The lowest BCUT2D eigenvalue weighted by molar-refractivity contribution is 0.0691. The number of morpholine rings is 1. The number of phenolic OH excluding ortho intramolecular Hbond substituents is 1. The lowest BCUT2D eigenvalue weighted by atomic mass is 10.1. The molecule has 3 aromatic rings. The first-order valence-corrected chi connectivity index (χ1v) is 9.98. The molecule has 2 aromatic heterocycles. The zero-order valence-electron chi connectivity index (χ0n) is 17.3. The number of methoxy groups -OCH3 is 1. The van der Waals surface area contributed by atoms with Gasteiger partial charge in [-0.2, -0.15) is 0 Å². The van der Waals surface area contributed by atoms with E-state index in [-0.39, 0.29) is 28.2 Å². The molecule has 0 aliphatic carbocycles. The molecule has 4 rings (SSSR count). The SMILES string of the molecule is COCCNc1cc(C(=O)O)nc2c(-c3ccc(F)cc3O)nc(N3CCOCC3)nc12. The first kappa shape index (κ1) is 21.7. The summed E-state index contributed by atoms with van der Waals surface area (Å²) in [5.41, 5.74) is 1.18. The summed E-state index contributed by atoms with van der Waals surface area (Å²) in [5.74, 6) is -1.80. The van der Waals surface area contributed by atoms with Crippen molar-refractivity contribution in [2.45, 2.75) is 0 Å². The number of anilines is 2. The molecule has 0 unspecified atom stereocenters. The lowest BCUT2D eigenvalue weighted by Gasteiger charge is -2.27. The van der Waals surface area contributed by atoms with Crippen molar-refractivity contribution in [2.24, 2.45) is 0 Å². The van der Waals surface area contributed by atoms with E-state index in [1.165, 1.54) is 18.2 Å². The summed E-state index contributed by atoms with van der Waals surface area (Å²) in [7, 11) is 1.56. The molecule has 0 amide bonds. The number of aromatic hydroxyl groups is 1. The van der Waals surface area contributed by atoms with E-state index in [1.807, 2.05) is 4.90 Å². The number of hydrogen-bond donors (Lipinski definition) is 3. The highest BCUT2D eigenvalue weighted by molar-refractivity contribution is 6.01. The van der Waals surface area contributed by atoms with Crippen molar-refractivity contribution in [3.63, 3.8) is 0 Å². The number of carboxylic acids is 1. The van der Waals surface area contributed by atoms with Crippen LogP contribution < -0.4 is 10.2 Å². The van der Waals surface area contributed by atoms with Crippen molar-refractivity contribution in [1.29, 1.82) is 0 Å². The van der Waals surface area contributed by atoms with E-state index in [2.05, 4.69) is 20.3 Å². The van der Waals surface area contributed by atoms with Crippen LogP contribution in [0.5, 0.6) is 5.75 Å². The quantitative estimate of drug-likeness (QED) is 0.467. The van der Waals surface area contributed by atoms with Crippen LogP contribution in [0.3, 0.4) is 0 Å². The van der Waals surface area contributed by atoms with E-state index in [1.54, 1.807) is 7.11 Å². The van der Waals surface area contributed by atoms with E-state index in [0.717, 1.165) is 6.07 Å². The van der Waals surface area contributed by atoms with Crippen LogP contribution in [0.15, 0.2) is 24.3 Å². The summed E-state index contributed by atoms with van der Waals surface area (Å²) in [6, 6.07) is 4.93. The highest BCUT2D eigenvalue weighted by atomic mass is 19.1. The third-order valence-corrected chi connectivity index (χ3v) is 4.99. The fourth-order valence-corrected chi connectivity index (χ4v) is 3.42. The van der Waals surface area contributed by atoms with E-state index in [4.69, 9.17) is 9.47 Å². The van der Waals surface area contributed by atoms with Gasteiger partial charge in [0.2, 0.25) is 5.95 Å². The number of halogens is 1. The summed E-state index contributed by atoms with van der Waals surface area (Å²) in [4.78, 5) is 27.1. The van der Waals surface area contributed by atoms with E-state index in [0.29, 0.717) is 56.6 Å². The number of aromatic carboxylic acids is 1. The molecule has 10 nitrogen and oxygen atoms in total. The Bertz CT molecular complexity index is 1150. The third-order valence-electron chi connectivity index (χ3n) is 4.99.